The lowest BCUT2D eigenvalue weighted by molar-refractivity contribution is 0.0602. The van der Waals surface area contributed by atoms with Gasteiger partial charge >= 0.3 is 5.97 Å². The third kappa shape index (κ3) is 2.69. The quantitative estimate of drug-likeness (QED) is 0.834. The molecule has 21 heavy (non-hydrogen) atoms. The van der Waals surface area contributed by atoms with Crippen molar-refractivity contribution >= 4 is 28.0 Å². The molecule has 0 radical (unpaired) electrons. The number of likely N-dealkylation sites (N-methyl/N-ethyl adjacent to an activating group) is 1. The van der Waals surface area contributed by atoms with Crippen LogP contribution in [0.15, 0.2) is 0 Å². The van der Waals surface area contributed by atoms with Gasteiger partial charge in [0, 0.05) is 25.2 Å². The van der Waals surface area contributed by atoms with Crippen molar-refractivity contribution in [2.24, 2.45) is 0 Å². The van der Waals surface area contributed by atoms with Crippen molar-refractivity contribution in [3.63, 3.8) is 0 Å². The Morgan fingerprint density at radius 3 is 2.48 bits per heavy atom. The minimum absolute atomic E-state index is 0.226. The number of anilines is 2. The molecule has 1 aromatic heterocycles. The standard InChI is InChI=1S/C14H20N4O2S/c1-8-6-18(7-9(2)17(8)3)13-11(14(19)20-4)12(16)10(5-15)21-13/h8-9H,6-7,16H2,1-4H3. The second-order valence-corrected chi connectivity index (χ2v) is 6.40. The summed E-state index contributed by atoms with van der Waals surface area (Å²) in [5.41, 5.74) is 6.49. The highest BCUT2D eigenvalue weighted by Crippen LogP contribution is 2.39. The molecule has 2 rings (SSSR count). The first-order chi connectivity index (χ1) is 9.90. The molecule has 114 valence electrons. The van der Waals surface area contributed by atoms with Crippen LogP contribution < -0.4 is 10.6 Å². The van der Waals surface area contributed by atoms with Gasteiger partial charge in [-0.1, -0.05) is 0 Å². The number of nitrogens with zero attached hydrogens (tertiary/aromatic N) is 3. The zero-order chi connectivity index (χ0) is 15.7. The van der Waals surface area contributed by atoms with Crippen molar-refractivity contribution in [2.45, 2.75) is 25.9 Å². The zero-order valence-electron chi connectivity index (χ0n) is 12.7. The summed E-state index contributed by atoms with van der Waals surface area (Å²) in [7, 11) is 3.42. The average molecular weight is 308 g/mol. The van der Waals surface area contributed by atoms with E-state index in [0.717, 1.165) is 18.1 Å². The minimum atomic E-state index is -0.487. The number of hydrogen-bond acceptors (Lipinski definition) is 7. The van der Waals surface area contributed by atoms with Gasteiger partial charge in [-0.2, -0.15) is 5.26 Å². The number of esters is 1. The molecule has 1 aliphatic heterocycles. The van der Waals surface area contributed by atoms with E-state index in [9.17, 15) is 4.79 Å². The Hall–Kier alpha value is -1.78. The van der Waals surface area contributed by atoms with E-state index in [1.54, 1.807) is 0 Å². The highest BCUT2D eigenvalue weighted by molar-refractivity contribution is 7.17. The smallest absolute Gasteiger partial charge is 0.343 e. The van der Waals surface area contributed by atoms with Crippen molar-refractivity contribution in [1.29, 1.82) is 5.26 Å². The highest BCUT2D eigenvalue weighted by atomic mass is 32.1. The molecule has 0 amide bonds. The van der Waals surface area contributed by atoms with Gasteiger partial charge in [0.15, 0.2) is 0 Å². The maximum atomic E-state index is 12.0. The van der Waals surface area contributed by atoms with Crippen LogP contribution >= 0.6 is 11.3 Å². The molecule has 2 N–H and O–H groups in total. The van der Waals surface area contributed by atoms with Gasteiger partial charge in [0.1, 0.15) is 21.5 Å². The Balaban J connectivity index is 2.44. The summed E-state index contributed by atoms with van der Waals surface area (Å²) in [6.07, 6.45) is 0. The minimum Gasteiger partial charge on any atom is -0.465 e. The summed E-state index contributed by atoms with van der Waals surface area (Å²) in [6, 6.07) is 2.76. The number of carbonyl (C=O) groups is 1. The molecule has 0 aromatic carbocycles. The molecule has 2 atom stereocenters. The molecule has 2 heterocycles. The number of nitriles is 1. The van der Waals surface area contributed by atoms with Crippen molar-refractivity contribution < 1.29 is 9.53 Å². The number of carbonyl (C=O) groups excluding carboxylic acids is 1. The Morgan fingerprint density at radius 2 is 2.00 bits per heavy atom. The summed E-state index contributed by atoms with van der Waals surface area (Å²) >= 11 is 1.26. The largest absolute Gasteiger partial charge is 0.465 e. The number of rotatable bonds is 2. The fourth-order valence-corrected chi connectivity index (χ4v) is 3.63. The van der Waals surface area contributed by atoms with Crippen molar-refractivity contribution in [2.75, 3.05) is 37.9 Å². The van der Waals surface area contributed by atoms with Crippen LogP contribution in [0.25, 0.3) is 0 Å². The summed E-state index contributed by atoms with van der Waals surface area (Å²) in [5.74, 6) is -0.487. The molecule has 6 nitrogen and oxygen atoms in total. The van der Waals surface area contributed by atoms with Crippen LogP contribution in [0.2, 0.25) is 0 Å². The first-order valence-electron chi connectivity index (χ1n) is 6.78. The van der Waals surface area contributed by atoms with Gasteiger partial charge < -0.3 is 15.4 Å². The van der Waals surface area contributed by atoms with Crippen LogP contribution in [0.1, 0.15) is 29.1 Å². The fourth-order valence-electron chi connectivity index (χ4n) is 2.61. The molecular weight excluding hydrogens is 288 g/mol. The Bertz CT molecular complexity index is 581. The number of nitrogen functional groups attached to an aromatic ring is 1. The SMILES string of the molecule is COC(=O)c1c(N2CC(C)N(C)C(C)C2)sc(C#N)c1N. The van der Waals surface area contributed by atoms with Crippen LogP contribution in [0.3, 0.4) is 0 Å². The van der Waals surface area contributed by atoms with E-state index in [1.165, 1.54) is 18.4 Å². The number of nitrogens with two attached hydrogens (primary N) is 1. The summed E-state index contributed by atoms with van der Waals surface area (Å²) in [5, 5.41) is 9.90. The molecular formula is C14H20N4O2S. The Kier molecular flexibility index (Phi) is 4.40. The molecule has 2 unspecified atom stereocenters. The van der Waals surface area contributed by atoms with E-state index in [0.29, 0.717) is 22.5 Å². The zero-order valence-corrected chi connectivity index (χ0v) is 13.5. The second-order valence-electron chi connectivity index (χ2n) is 5.40. The van der Waals surface area contributed by atoms with Crippen LogP contribution in [0.4, 0.5) is 10.7 Å². The van der Waals surface area contributed by atoms with Gasteiger partial charge in [0.2, 0.25) is 0 Å². The van der Waals surface area contributed by atoms with E-state index in [2.05, 4.69) is 36.8 Å². The number of hydrogen-bond donors (Lipinski definition) is 1. The average Bonchev–Trinajstić information content (AvgIpc) is 2.80. The second kappa shape index (κ2) is 5.92. The van der Waals surface area contributed by atoms with Crippen LogP contribution in [-0.2, 0) is 4.74 Å². The lowest BCUT2D eigenvalue weighted by atomic mass is 10.1. The lowest BCUT2D eigenvalue weighted by Gasteiger charge is -2.43. The third-order valence-corrected chi connectivity index (χ3v) is 5.24. The molecule has 1 saturated heterocycles. The molecule has 7 heteroatoms. The maximum absolute atomic E-state index is 12.0. The number of thiophene rings is 1. The van der Waals surface area contributed by atoms with Crippen LogP contribution in [-0.4, -0.2) is 50.2 Å². The van der Waals surface area contributed by atoms with E-state index in [-0.39, 0.29) is 5.69 Å². The topological polar surface area (TPSA) is 82.6 Å². The Labute approximate surface area is 128 Å². The van der Waals surface area contributed by atoms with Crippen LogP contribution in [0, 0.1) is 11.3 Å². The van der Waals surface area contributed by atoms with Gasteiger partial charge in [0.05, 0.1) is 12.8 Å². The normalized spacial score (nSPS) is 22.9. The Morgan fingerprint density at radius 1 is 1.43 bits per heavy atom. The summed E-state index contributed by atoms with van der Waals surface area (Å²) in [4.78, 5) is 16.8. The first kappa shape index (κ1) is 15.6. The van der Waals surface area contributed by atoms with Gasteiger partial charge in [-0.3, -0.25) is 4.90 Å². The number of piperazine rings is 1. The van der Waals surface area contributed by atoms with Gasteiger partial charge in [-0.25, -0.2) is 4.79 Å². The summed E-state index contributed by atoms with van der Waals surface area (Å²) < 4.78 is 4.82. The fraction of sp³-hybridized carbons (Fsp3) is 0.571. The van der Waals surface area contributed by atoms with Crippen molar-refractivity contribution in [3.05, 3.63) is 10.4 Å². The van der Waals surface area contributed by atoms with E-state index >= 15 is 0 Å². The number of ether oxygens (including phenoxy) is 1. The third-order valence-electron chi connectivity index (χ3n) is 4.06. The summed E-state index contributed by atoms with van der Waals surface area (Å²) in [6.45, 7) is 5.86. The monoisotopic (exact) mass is 308 g/mol. The van der Waals surface area contributed by atoms with Crippen molar-refractivity contribution in [3.8, 4) is 6.07 Å². The predicted molar refractivity (Wildman–Crippen MR) is 83.7 cm³/mol. The van der Waals surface area contributed by atoms with Crippen molar-refractivity contribution in [1.82, 2.24) is 4.90 Å². The van der Waals surface area contributed by atoms with E-state index in [4.69, 9.17) is 15.7 Å². The van der Waals surface area contributed by atoms with Gasteiger partial charge in [0.25, 0.3) is 0 Å². The predicted octanol–water partition coefficient (Wildman–Crippen LogP) is 1.52. The van der Waals surface area contributed by atoms with E-state index < -0.39 is 5.97 Å². The molecule has 1 aliphatic rings. The first-order valence-corrected chi connectivity index (χ1v) is 7.59. The van der Waals surface area contributed by atoms with Gasteiger partial charge in [-0.05, 0) is 20.9 Å². The molecule has 0 saturated carbocycles. The van der Waals surface area contributed by atoms with Gasteiger partial charge in [-0.15, -0.1) is 11.3 Å². The molecule has 1 aromatic rings. The molecule has 1 fully saturated rings. The van der Waals surface area contributed by atoms with Crippen LogP contribution in [0.5, 0.6) is 0 Å². The van der Waals surface area contributed by atoms with E-state index in [1.807, 2.05) is 0 Å². The molecule has 0 bridgehead atoms. The molecule has 0 aliphatic carbocycles. The highest BCUT2D eigenvalue weighted by Gasteiger charge is 2.32. The molecule has 0 spiro atoms. The number of methoxy groups -OCH3 is 1. The lowest BCUT2D eigenvalue weighted by Crippen LogP contribution is -2.55. The maximum Gasteiger partial charge on any atom is 0.343 e.